The number of carbonyl (C=O) groups is 1. The molecule has 0 saturated carbocycles. The second-order valence-electron chi connectivity index (χ2n) is 8.53. The van der Waals surface area contributed by atoms with Gasteiger partial charge in [0.15, 0.2) is 0 Å². The van der Waals surface area contributed by atoms with Crippen molar-refractivity contribution in [1.82, 2.24) is 0 Å². The van der Waals surface area contributed by atoms with E-state index in [4.69, 9.17) is 0 Å². The van der Waals surface area contributed by atoms with Crippen molar-refractivity contribution >= 4 is 25.7 Å². The van der Waals surface area contributed by atoms with Gasteiger partial charge in [-0.25, -0.2) is 4.21 Å². The molecule has 6 nitrogen and oxygen atoms in total. The van der Waals surface area contributed by atoms with Crippen LogP contribution in [0.1, 0.15) is 76.0 Å². The minimum Gasteiger partial charge on any atom is -0.481 e. The summed E-state index contributed by atoms with van der Waals surface area (Å²) in [6, 6.07) is 11.5. The van der Waals surface area contributed by atoms with E-state index in [0.717, 1.165) is 5.56 Å². The Morgan fingerprint density at radius 2 is 1.35 bits per heavy atom. The van der Waals surface area contributed by atoms with Crippen LogP contribution in [-0.4, -0.2) is 29.5 Å². The van der Waals surface area contributed by atoms with Gasteiger partial charge in [0.2, 0.25) is 0 Å². The summed E-state index contributed by atoms with van der Waals surface area (Å²) in [5.74, 6) is -2.32. The average Bonchev–Trinajstić information content (AvgIpc) is 2.66. The summed E-state index contributed by atoms with van der Waals surface area (Å²) < 4.78 is 44.6. The van der Waals surface area contributed by atoms with Crippen molar-refractivity contribution in [1.29, 1.82) is 0 Å². The Morgan fingerprint density at radius 1 is 0.871 bits per heavy atom. The van der Waals surface area contributed by atoms with Crippen LogP contribution in [0, 0.1) is 0 Å². The quantitative estimate of drug-likeness (QED) is 0.566. The van der Waals surface area contributed by atoms with Crippen molar-refractivity contribution in [2.45, 2.75) is 69.1 Å². The Hall–Kier alpha value is -2.19. The zero-order chi connectivity index (χ0) is 23.6. The largest absolute Gasteiger partial charge is 0.481 e. The molecular weight excluding hydrogens is 434 g/mol. The van der Waals surface area contributed by atoms with Crippen LogP contribution < -0.4 is 0 Å². The average molecular weight is 466 g/mol. The first kappa shape index (κ1) is 25.1. The van der Waals surface area contributed by atoms with Crippen LogP contribution in [0.5, 0.6) is 0 Å². The van der Waals surface area contributed by atoms with Crippen molar-refractivity contribution in [3.05, 3.63) is 59.2 Å². The molecule has 0 amide bonds. The SMILES string of the molecule is CC(C)c1cc(C(C)C)c(S(=O)(=O)N=[S@](=O)(CC(=O)O)c2ccccc2)c(C(C)C)c1. The van der Waals surface area contributed by atoms with Crippen LogP contribution in [0.25, 0.3) is 0 Å². The summed E-state index contributed by atoms with van der Waals surface area (Å²) in [7, 11) is -8.17. The predicted molar refractivity (Wildman–Crippen MR) is 124 cm³/mol. The fraction of sp³-hybridized carbons (Fsp3) is 0.435. The standard InChI is InChI=1S/C23H31NO5S2/c1-15(2)18-12-20(16(3)4)23(21(13-18)17(5)6)31(28,29)24-30(27,14-22(25)26)19-10-8-7-9-11-19/h7-13,15-17H,14H2,1-6H3,(H,25,26)/t30-/m0/s1. The smallest absolute Gasteiger partial charge is 0.317 e. The molecule has 0 aliphatic rings. The molecule has 2 aromatic rings. The highest BCUT2D eigenvalue weighted by molar-refractivity contribution is 8.03. The summed E-state index contributed by atoms with van der Waals surface area (Å²) in [5.41, 5.74) is 2.22. The van der Waals surface area contributed by atoms with Gasteiger partial charge in [0.05, 0.1) is 4.90 Å². The number of sulfonamides is 1. The van der Waals surface area contributed by atoms with Crippen molar-refractivity contribution in [3.8, 4) is 0 Å². The van der Waals surface area contributed by atoms with E-state index in [1.807, 2.05) is 53.7 Å². The van der Waals surface area contributed by atoms with Crippen LogP contribution in [-0.2, 0) is 24.5 Å². The molecule has 0 aromatic heterocycles. The fourth-order valence-electron chi connectivity index (χ4n) is 3.34. The fourth-order valence-corrected chi connectivity index (χ4v) is 7.73. The van der Waals surface area contributed by atoms with Crippen molar-refractivity contribution in [2.24, 2.45) is 3.77 Å². The molecule has 0 aliphatic carbocycles. The number of carboxylic acids is 1. The third-order valence-electron chi connectivity index (χ3n) is 4.99. The van der Waals surface area contributed by atoms with E-state index in [1.54, 1.807) is 18.2 Å². The maximum absolute atomic E-state index is 13.6. The van der Waals surface area contributed by atoms with E-state index in [2.05, 4.69) is 3.77 Å². The summed E-state index contributed by atoms with van der Waals surface area (Å²) in [6.07, 6.45) is 0. The molecule has 0 spiro atoms. The Kier molecular flexibility index (Phi) is 7.70. The maximum Gasteiger partial charge on any atom is 0.317 e. The summed E-state index contributed by atoms with van der Waals surface area (Å²) in [5, 5.41) is 9.33. The van der Waals surface area contributed by atoms with Gasteiger partial charge < -0.3 is 5.11 Å². The molecule has 0 bridgehead atoms. The molecule has 0 aliphatic heterocycles. The van der Waals surface area contributed by atoms with Gasteiger partial charge in [0, 0.05) is 4.90 Å². The van der Waals surface area contributed by atoms with Crippen molar-refractivity contribution < 1.29 is 22.5 Å². The second kappa shape index (κ2) is 9.53. The number of nitrogens with zero attached hydrogens (tertiary/aromatic N) is 1. The molecule has 1 N–H and O–H groups in total. The molecule has 170 valence electrons. The van der Waals surface area contributed by atoms with Gasteiger partial charge in [0.25, 0.3) is 10.0 Å². The van der Waals surface area contributed by atoms with E-state index in [-0.39, 0.29) is 27.5 Å². The number of hydrogen-bond acceptors (Lipinski definition) is 4. The topological polar surface area (TPSA) is 101 Å². The van der Waals surface area contributed by atoms with Gasteiger partial charge in [-0.05, 0) is 46.6 Å². The molecule has 0 saturated heterocycles. The predicted octanol–water partition coefficient (Wildman–Crippen LogP) is 5.36. The monoisotopic (exact) mass is 465 g/mol. The lowest BCUT2D eigenvalue weighted by Gasteiger charge is -2.21. The highest BCUT2D eigenvalue weighted by Crippen LogP contribution is 2.36. The summed E-state index contributed by atoms with van der Waals surface area (Å²) in [4.78, 5) is 11.6. The minimum atomic E-state index is -4.42. The van der Waals surface area contributed by atoms with Gasteiger partial charge in [-0.1, -0.05) is 71.9 Å². The molecular formula is C23H31NO5S2. The molecule has 1 atom stereocenters. The first-order valence-corrected chi connectivity index (χ1v) is 13.4. The number of aliphatic carboxylic acids is 1. The lowest BCUT2D eigenvalue weighted by molar-refractivity contribution is -0.134. The first-order valence-electron chi connectivity index (χ1n) is 10.2. The van der Waals surface area contributed by atoms with Crippen molar-refractivity contribution in [2.75, 3.05) is 5.75 Å². The van der Waals surface area contributed by atoms with Crippen LogP contribution in [0.15, 0.2) is 56.0 Å². The van der Waals surface area contributed by atoms with E-state index >= 15 is 0 Å². The van der Waals surface area contributed by atoms with Gasteiger partial charge in [0.1, 0.15) is 15.5 Å². The second-order valence-corrected chi connectivity index (χ2v) is 12.5. The molecule has 0 heterocycles. The van der Waals surface area contributed by atoms with Crippen LogP contribution in [0.4, 0.5) is 0 Å². The number of hydrogen-bond donors (Lipinski definition) is 1. The Balaban J connectivity index is 2.93. The van der Waals surface area contributed by atoms with E-state index < -0.39 is 31.5 Å². The number of carboxylic acid groups (broad SMARTS) is 1. The lowest BCUT2D eigenvalue weighted by Crippen LogP contribution is -2.18. The van der Waals surface area contributed by atoms with E-state index in [0.29, 0.717) is 11.1 Å². The normalized spacial score (nSPS) is 14.1. The molecule has 0 unspecified atom stereocenters. The minimum absolute atomic E-state index is 0.0379. The maximum atomic E-state index is 13.6. The molecule has 2 rings (SSSR count). The van der Waals surface area contributed by atoms with Gasteiger partial charge >= 0.3 is 5.97 Å². The highest BCUT2D eigenvalue weighted by Gasteiger charge is 2.30. The molecule has 0 fully saturated rings. The van der Waals surface area contributed by atoms with Crippen LogP contribution in [0.3, 0.4) is 0 Å². The third kappa shape index (κ3) is 5.74. The Bertz CT molecular complexity index is 1140. The molecule has 0 radical (unpaired) electrons. The summed E-state index contributed by atoms with van der Waals surface area (Å²) in [6.45, 7) is 11.7. The highest BCUT2D eigenvalue weighted by atomic mass is 32.3. The van der Waals surface area contributed by atoms with Gasteiger partial charge in [-0.15, -0.1) is 3.77 Å². The van der Waals surface area contributed by atoms with Crippen LogP contribution in [0.2, 0.25) is 0 Å². The third-order valence-corrected chi connectivity index (χ3v) is 9.37. The van der Waals surface area contributed by atoms with Crippen molar-refractivity contribution in [3.63, 3.8) is 0 Å². The molecule has 2 aromatic carbocycles. The number of benzene rings is 2. The zero-order valence-electron chi connectivity index (χ0n) is 18.8. The molecule has 31 heavy (non-hydrogen) atoms. The zero-order valence-corrected chi connectivity index (χ0v) is 20.5. The number of rotatable bonds is 8. The Morgan fingerprint density at radius 3 is 1.74 bits per heavy atom. The lowest BCUT2D eigenvalue weighted by atomic mass is 9.89. The van der Waals surface area contributed by atoms with E-state index in [9.17, 15) is 22.5 Å². The molecule has 8 heteroatoms. The van der Waals surface area contributed by atoms with Gasteiger partial charge in [-0.2, -0.15) is 8.42 Å². The first-order chi connectivity index (χ1) is 14.3. The van der Waals surface area contributed by atoms with E-state index in [1.165, 1.54) is 12.1 Å². The van der Waals surface area contributed by atoms with Gasteiger partial charge in [-0.3, -0.25) is 4.79 Å². The Labute approximate surface area is 185 Å². The summed E-state index contributed by atoms with van der Waals surface area (Å²) >= 11 is 0. The van der Waals surface area contributed by atoms with Crippen LogP contribution >= 0.6 is 0 Å².